The number of fused-ring (bicyclic) bond motifs is 2. The normalized spacial score (nSPS) is 18.3. The van der Waals surface area contributed by atoms with Crippen LogP contribution in [0, 0.1) is 0 Å². The van der Waals surface area contributed by atoms with Crippen molar-refractivity contribution in [2.45, 2.75) is 18.9 Å². The van der Waals surface area contributed by atoms with Gasteiger partial charge in [-0.3, -0.25) is 0 Å². The Morgan fingerprint density at radius 3 is 2.65 bits per heavy atom. The minimum absolute atomic E-state index is 0.287. The number of morpholine rings is 1. The number of ether oxygens (including phenoxy) is 2. The van der Waals surface area contributed by atoms with Crippen LogP contribution < -0.4 is 10.6 Å². The summed E-state index contributed by atoms with van der Waals surface area (Å²) >= 11 is 1.49. The molecule has 0 saturated carbocycles. The van der Waals surface area contributed by atoms with Crippen molar-refractivity contribution in [2.75, 3.05) is 50.2 Å². The molecule has 0 amide bonds. The molecule has 2 N–H and O–H groups in total. The Kier molecular flexibility index (Phi) is 4.70. The lowest BCUT2D eigenvalue weighted by atomic mass is 10.1. The van der Waals surface area contributed by atoms with Crippen molar-refractivity contribution in [3.63, 3.8) is 0 Å². The Bertz CT molecular complexity index is 1240. The molecular weight excluding hydrogens is 414 g/mol. The lowest BCUT2D eigenvalue weighted by molar-refractivity contribution is 0.0673. The van der Waals surface area contributed by atoms with Crippen LogP contribution in [0.1, 0.15) is 18.9 Å². The van der Waals surface area contributed by atoms with E-state index >= 15 is 0 Å². The summed E-state index contributed by atoms with van der Waals surface area (Å²) in [5.74, 6) is 0.725. The second-order valence-corrected chi connectivity index (χ2v) is 8.94. The van der Waals surface area contributed by atoms with E-state index in [2.05, 4.69) is 26.7 Å². The van der Waals surface area contributed by atoms with Crippen molar-refractivity contribution in [1.82, 2.24) is 24.7 Å². The summed E-state index contributed by atoms with van der Waals surface area (Å²) in [6.07, 6.45) is 3.78. The molecule has 2 saturated heterocycles. The van der Waals surface area contributed by atoms with E-state index in [-0.39, 0.29) is 6.04 Å². The molecule has 0 aliphatic carbocycles. The summed E-state index contributed by atoms with van der Waals surface area (Å²) < 4.78 is 14.2. The molecule has 160 valence electrons. The average Bonchev–Trinajstić information content (AvgIpc) is 3.41. The molecule has 2 aliphatic rings. The van der Waals surface area contributed by atoms with Crippen molar-refractivity contribution < 1.29 is 9.47 Å². The second-order valence-electron chi connectivity index (χ2n) is 7.88. The SMILES string of the molecule is Nc1nc2ccc(-c3nc(N4CCOCC4)nc4c3cnn4C3CCOCC3)cc2s1. The van der Waals surface area contributed by atoms with E-state index in [0.717, 1.165) is 77.6 Å². The predicted octanol–water partition coefficient (Wildman–Crippen LogP) is 2.87. The standard InChI is InChI=1S/C21H23N7O2S/c22-20-24-16-2-1-13(11-17(16)31-20)18-15-12-23-28(14-3-7-29-8-4-14)19(15)26-21(25-18)27-5-9-30-10-6-27/h1-2,11-12,14H,3-10H2,(H2,22,24). The quantitative estimate of drug-likeness (QED) is 0.522. The Balaban J connectivity index is 1.53. The van der Waals surface area contributed by atoms with Crippen LogP contribution in [-0.4, -0.2) is 64.2 Å². The Hall–Kier alpha value is -2.82. The van der Waals surface area contributed by atoms with Crippen LogP contribution in [0.2, 0.25) is 0 Å². The molecule has 3 aromatic heterocycles. The molecule has 2 aliphatic heterocycles. The van der Waals surface area contributed by atoms with E-state index in [1.807, 2.05) is 12.3 Å². The molecule has 0 bridgehead atoms. The van der Waals surface area contributed by atoms with Gasteiger partial charge in [0.15, 0.2) is 10.8 Å². The van der Waals surface area contributed by atoms with Crippen LogP contribution in [-0.2, 0) is 9.47 Å². The van der Waals surface area contributed by atoms with Gasteiger partial charge in [0.25, 0.3) is 0 Å². The lowest BCUT2D eigenvalue weighted by Gasteiger charge is -2.27. The maximum absolute atomic E-state index is 5.92. The third kappa shape index (κ3) is 3.40. The van der Waals surface area contributed by atoms with Crippen LogP contribution in [0.5, 0.6) is 0 Å². The third-order valence-corrected chi connectivity index (χ3v) is 6.80. The highest BCUT2D eigenvalue weighted by Crippen LogP contribution is 2.34. The second kappa shape index (κ2) is 7.70. The smallest absolute Gasteiger partial charge is 0.228 e. The summed E-state index contributed by atoms with van der Waals surface area (Å²) in [6, 6.07) is 6.45. The van der Waals surface area contributed by atoms with Crippen molar-refractivity contribution in [2.24, 2.45) is 0 Å². The molecule has 0 atom stereocenters. The van der Waals surface area contributed by atoms with Gasteiger partial charge in [0, 0.05) is 31.9 Å². The third-order valence-electron chi connectivity index (χ3n) is 5.95. The van der Waals surface area contributed by atoms with Crippen LogP contribution in [0.25, 0.3) is 32.5 Å². The number of nitrogens with zero attached hydrogens (tertiary/aromatic N) is 6. The first-order valence-electron chi connectivity index (χ1n) is 10.6. The fraction of sp³-hybridized carbons (Fsp3) is 0.429. The first-order chi connectivity index (χ1) is 15.3. The minimum atomic E-state index is 0.287. The van der Waals surface area contributed by atoms with E-state index in [4.69, 9.17) is 30.3 Å². The average molecular weight is 438 g/mol. The maximum Gasteiger partial charge on any atom is 0.228 e. The van der Waals surface area contributed by atoms with Gasteiger partial charge in [-0.05, 0) is 25.0 Å². The molecule has 1 aromatic carbocycles. The van der Waals surface area contributed by atoms with Gasteiger partial charge in [-0.1, -0.05) is 17.4 Å². The molecule has 9 nitrogen and oxygen atoms in total. The predicted molar refractivity (Wildman–Crippen MR) is 120 cm³/mol. The van der Waals surface area contributed by atoms with E-state index in [1.54, 1.807) is 0 Å². The zero-order chi connectivity index (χ0) is 20.8. The van der Waals surface area contributed by atoms with E-state index in [0.29, 0.717) is 18.3 Å². The van der Waals surface area contributed by atoms with Gasteiger partial charge < -0.3 is 20.1 Å². The van der Waals surface area contributed by atoms with E-state index in [9.17, 15) is 0 Å². The maximum atomic E-state index is 5.92. The number of benzene rings is 1. The van der Waals surface area contributed by atoms with Gasteiger partial charge in [-0.25, -0.2) is 14.6 Å². The van der Waals surface area contributed by atoms with Crippen molar-refractivity contribution in [3.8, 4) is 11.3 Å². The molecule has 31 heavy (non-hydrogen) atoms. The van der Waals surface area contributed by atoms with Crippen LogP contribution >= 0.6 is 11.3 Å². The lowest BCUT2D eigenvalue weighted by Crippen LogP contribution is -2.37. The number of nitrogen functional groups attached to an aromatic ring is 1. The highest BCUT2D eigenvalue weighted by Gasteiger charge is 2.24. The molecule has 0 unspecified atom stereocenters. The van der Waals surface area contributed by atoms with Gasteiger partial charge in [0.1, 0.15) is 0 Å². The van der Waals surface area contributed by atoms with Crippen molar-refractivity contribution >= 4 is 43.7 Å². The van der Waals surface area contributed by atoms with Crippen molar-refractivity contribution in [1.29, 1.82) is 0 Å². The van der Waals surface area contributed by atoms with Crippen molar-refractivity contribution in [3.05, 3.63) is 24.4 Å². The van der Waals surface area contributed by atoms with Gasteiger partial charge in [-0.2, -0.15) is 10.1 Å². The number of aromatic nitrogens is 5. The number of hydrogen-bond acceptors (Lipinski definition) is 9. The number of nitrogens with two attached hydrogens (primary N) is 1. The zero-order valence-corrected chi connectivity index (χ0v) is 17.8. The number of thiazole rings is 1. The minimum Gasteiger partial charge on any atom is -0.381 e. The molecule has 0 radical (unpaired) electrons. The fourth-order valence-electron chi connectivity index (χ4n) is 4.33. The molecular formula is C21H23N7O2S. The number of rotatable bonds is 3. The summed E-state index contributed by atoms with van der Waals surface area (Å²) in [7, 11) is 0. The van der Waals surface area contributed by atoms with Crippen LogP contribution in [0.15, 0.2) is 24.4 Å². The van der Waals surface area contributed by atoms with Gasteiger partial charge in [0.2, 0.25) is 5.95 Å². The Morgan fingerprint density at radius 1 is 1.00 bits per heavy atom. The molecule has 6 rings (SSSR count). The van der Waals surface area contributed by atoms with Gasteiger partial charge >= 0.3 is 0 Å². The van der Waals surface area contributed by atoms with Crippen LogP contribution in [0.4, 0.5) is 11.1 Å². The monoisotopic (exact) mass is 437 g/mol. The number of anilines is 2. The fourth-order valence-corrected chi connectivity index (χ4v) is 5.10. The summed E-state index contributed by atoms with van der Waals surface area (Å²) in [5, 5.41) is 6.27. The summed E-state index contributed by atoms with van der Waals surface area (Å²) in [5.41, 5.74) is 9.61. The molecule has 0 spiro atoms. The summed E-state index contributed by atoms with van der Waals surface area (Å²) in [6.45, 7) is 4.43. The molecule has 2 fully saturated rings. The van der Waals surface area contributed by atoms with E-state index < -0.39 is 0 Å². The zero-order valence-electron chi connectivity index (χ0n) is 17.0. The van der Waals surface area contributed by atoms with Gasteiger partial charge in [0.05, 0.1) is 46.7 Å². The molecule has 10 heteroatoms. The number of hydrogen-bond donors (Lipinski definition) is 1. The van der Waals surface area contributed by atoms with Gasteiger partial charge in [-0.15, -0.1) is 0 Å². The van der Waals surface area contributed by atoms with E-state index in [1.165, 1.54) is 11.3 Å². The Labute approximate surface area is 182 Å². The highest BCUT2D eigenvalue weighted by atomic mass is 32.1. The first kappa shape index (κ1) is 18.9. The highest BCUT2D eigenvalue weighted by molar-refractivity contribution is 7.22. The molecule has 5 heterocycles. The summed E-state index contributed by atoms with van der Waals surface area (Å²) in [4.78, 5) is 16.5. The molecule has 4 aromatic rings. The Morgan fingerprint density at radius 2 is 1.81 bits per heavy atom. The largest absolute Gasteiger partial charge is 0.381 e. The first-order valence-corrected chi connectivity index (χ1v) is 11.4. The van der Waals surface area contributed by atoms with Crippen LogP contribution in [0.3, 0.4) is 0 Å². The topological polar surface area (TPSA) is 104 Å².